The summed E-state index contributed by atoms with van der Waals surface area (Å²) in [4.78, 5) is 0. The average Bonchev–Trinajstić information content (AvgIpc) is 2.27. The van der Waals surface area contributed by atoms with Gasteiger partial charge in [-0.05, 0) is 43.9 Å². The molecule has 1 heteroatoms. The van der Waals surface area contributed by atoms with Gasteiger partial charge < -0.3 is 0 Å². The van der Waals surface area contributed by atoms with Crippen molar-refractivity contribution < 1.29 is 0 Å². The van der Waals surface area contributed by atoms with Crippen molar-refractivity contribution >= 4 is 13.3 Å². The van der Waals surface area contributed by atoms with Crippen molar-refractivity contribution in [2.75, 3.05) is 0 Å². The molecule has 0 atom stereocenters. The van der Waals surface area contributed by atoms with Crippen LogP contribution in [0.5, 0.6) is 0 Å². The summed E-state index contributed by atoms with van der Waals surface area (Å²) >= 11 is 0. The van der Waals surface area contributed by atoms with Gasteiger partial charge in [0, 0.05) is 0 Å². The van der Waals surface area contributed by atoms with Crippen LogP contribution in [0.1, 0.15) is 27.8 Å². The van der Waals surface area contributed by atoms with E-state index in [-0.39, 0.29) is 0 Å². The minimum absolute atomic E-state index is 0.870. The maximum Gasteiger partial charge on any atom is 0.114 e. The summed E-state index contributed by atoms with van der Waals surface area (Å²) in [6, 6.07) is 12.9. The third-order valence-electron chi connectivity index (χ3n) is 3.23. The highest BCUT2D eigenvalue weighted by molar-refractivity contribution is 6.33. The molecule has 0 saturated heterocycles. The van der Waals surface area contributed by atoms with Gasteiger partial charge in [-0.3, -0.25) is 0 Å². The predicted molar refractivity (Wildman–Crippen MR) is 75.3 cm³/mol. The molecular weight excluding hydrogens is 203 g/mol. The molecule has 2 radical (unpaired) electrons. The van der Waals surface area contributed by atoms with Gasteiger partial charge in [0.05, 0.1) is 0 Å². The number of aryl methyl sites for hydroxylation is 3. The normalized spacial score (nSPS) is 10.5. The second kappa shape index (κ2) is 4.79. The van der Waals surface area contributed by atoms with Gasteiger partial charge in [-0.15, -0.1) is 0 Å². The largest absolute Gasteiger partial charge is 0.114 e. The molecule has 84 valence electrons. The Kier molecular flexibility index (Phi) is 3.37. The van der Waals surface area contributed by atoms with Crippen molar-refractivity contribution in [3.8, 4) is 0 Å². The monoisotopic (exact) mass is 220 g/mol. The Hall–Kier alpha value is -1.50. The molecule has 0 heterocycles. The molecule has 0 aliphatic rings. The topological polar surface area (TPSA) is 0 Å². The van der Waals surface area contributed by atoms with Crippen molar-refractivity contribution in [1.29, 1.82) is 0 Å². The summed E-state index contributed by atoms with van der Waals surface area (Å²) in [6.07, 6.45) is 0.979. The average molecular weight is 220 g/mol. The van der Waals surface area contributed by atoms with Crippen LogP contribution in [0.3, 0.4) is 0 Å². The number of hydrogen-bond donors (Lipinski definition) is 0. The molecule has 0 saturated carbocycles. The maximum absolute atomic E-state index is 5.83. The molecule has 0 aliphatic heterocycles. The van der Waals surface area contributed by atoms with Gasteiger partial charge in [-0.25, -0.2) is 0 Å². The lowest BCUT2D eigenvalue weighted by Gasteiger charge is -2.09. The van der Waals surface area contributed by atoms with Gasteiger partial charge in [-0.1, -0.05) is 53.0 Å². The summed E-state index contributed by atoms with van der Waals surface area (Å²) < 4.78 is 0. The first kappa shape index (κ1) is 12.0. The molecule has 0 amide bonds. The Morgan fingerprint density at radius 3 is 2.29 bits per heavy atom. The molecule has 0 spiro atoms. The Morgan fingerprint density at radius 2 is 1.65 bits per heavy atom. The third-order valence-corrected chi connectivity index (χ3v) is 3.23. The zero-order valence-corrected chi connectivity index (χ0v) is 10.7. The van der Waals surface area contributed by atoms with Crippen LogP contribution in [-0.4, -0.2) is 7.85 Å². The maximum atomic E-state index is 5.83. The first-order valence-electron chi connectivity index (χ1n) is 5.97. The smallest absolute Gasteiger partial charge is 0.0938 e. The minimum Gasteiger partial charge on any atom is -0.0938 e. The molecule has 0 nitrogen and oxygen atoms in total. The quantitative estimate of drug-likeness (QED) is 0.682. The van der Waals surface area contributed by atoms with E-state index in [0.29, 0.717) is 0 Å². The highest BCUT2D eigenvalue weighted by Gasteiger charge is 2.01. The Bertz CT molecular complexity index is 541. The van der Waals surface area contributed by atoms with Crippen LogP contribution in [0.25, 0.3) is 0 Å². The Labute approximate surface area is 105 Å². The molecule has 0 aliphatic carbocycles. The van der Waals surface area contributed by atoms with Gasteiger partial charge in [-0.2, -0.15) is 0 Å². The summed E-state index contributed by atoms with van der Waals surface area (Å²) in [5, 5.41) is 0. The fourth-order valence-electron chi connectivity index (χ4n) is 2.11. The lowest BCUT2D eigenvalue weighted by atomic mass is 9.88. The van der Waals surface area contributed by atoms with E-state index in [2.05, 4.69) is 51.1 Å². The van der Waals surface area contributed by atoms with Gasteiger partial charge in [0.2, 0.25) is 0 Å². The van der Waals surface area contributed by atoms with Crippen molar-refractivity contribution in [3.05, 3.63) is 64.2 Å². The van der Waals surface area contributed by atoms with E-state index in [1.807, 2.05) is 6.07 Å². The van der Waals surface area contributed by atoms with Gasteiger partial charge in [0.1, 0.15) is 7.85 Å². The van der Waals surface area contributed by atoms with Crippen LogP contribution in [-0.2, 0) is 6.42 Å². The van der Waals surface area contributed by atoms with Crippen LogP contribution in [0.4, 0.5) is 0 Å². The lowest BCUT2D eigenvalue weighted by molar-refractivity contribution is 1.14. The van der Waals surface area contributed by atoms with E-state index in [4.69, 9.17) is 7.85 Å². The summed E-state index contributed by atoms with van der Waals surface area (Å²) in [5.74, 6) is 0. The molecule has 2 aromatic carbocycles. The third kappa shape index (κ3) is 2.79. The van der Waals surface area contributed by atoms with Gasteiger partial charge in [0.25, 0.3) is 0 Å². The second-order valence-corrected chi connectivity index (χ2v) is 4.80. The highest BCUT2D eigenvalue weighted by Crippen LogP contribution is 2.15. The van der Waals surface area contributed by atoms with Crippen molar-refractivity contribution in [2.45, 2.75) is 27.2 Å². The molecule has 0 N–H and O–H groups in total. The van der Waals surface area contributed by atoms with E-state index in [1.165, 1.54) is 22.3 Å². The SMILES string of the molecule is [B]c1ccc(Cc2ccc(C)cc2C)cc1C. The number of rotatable bonds is 2. The van der Waals surface area contributed by atoms with Crippen LogP contribution >= 0.6 is 0 Å². The zero-order chi connectivity index (χ0) is 12.4. The van der Waals surface area contributed by atoms with Crippen LogP contribution in [0.15, 0.2) is 36.4 Å². The van der Waals surface area contributed by atoms with E-state index in [9.17, 15) is 0 Å². The van der Waals surface area contributed by atoms with E-state index < -0.39 is 0 Å². The van der Waals surface area contributed by atoms with Gasteiger partial charge in [0.15, 0.2) is 0 Å². The standard InChI is InChI=1S/C16H17B/c1-11-4-6-15(12(2)8-11)10-14-5-7-16(17)13(3)9-14/h4-9H,10H2,1-3H3. The molecule has 0 aromatic heterocycles. The van der Waals surface area contributed by atoms with Gasteiger partial charge >= 0.3 is 0 Å². The fourth-order valence-corrected chi connectivity index (χ4v) is 2.11. The summed E-state index contributed by atoms with van der Waals surface area (Å²) in [7, 11) is 5.83. The fraction of sp³-hybridized carbons (Fsp3) is 0.250. The summed E-state index contributed by atoms with van der Waals surface area (Å²) in [5.41, 5.74) is 7.42. The van der Waals surface area contributed by atoms with Crippen molar-refractivity contribution in [3.63, 3.8) is 0 Å². The lowest BCUT2D eigenvalue weighted by Crippen LogP contribution is -2.07. The Balaban J connectivity index is 2.28. The molecule has 0 unspecified atom stereocenters. The van der Waals surface area contributed by atoms with E-state index in [0.717, 1.165) is 17.4 Å². The molecule has 2 rings (SSSR count). The summed E-state index contributed by atoms with van der Waals surface area (Å²) in [6.45, 7) is 6.36. The van der Waals surface area contributed by atoms with Crippen LogP contribution in [0.2, 0.25) is 0 Å². The second-order valence-electron chi connectivity index (χ2n) is 4.80. The molecule has 0 bridgehead atoms. The predicted octanol–water partition coefficient (Wildman–Crippen LogP) is 3.00. The van der Waals surface area contributed by atoms with Crippen molar-refractivity contribution in [1.82, 2.24) is 0 Å². The number of hydrogen-bond acceptors (Lipinski definition) is 0. The van der Waals surface area contributed by atoms with Crippen LogP contribution in [0, 0.1) is 20.8 Å². The first-order chi connectivity index (χ1) is 8.06. The van der Waals surface area contributed by atoms with E-state index in [1.54, 1.807) is 0 Å². The molecule has 17 heavy (non-hydrogen) atoms. The Morgan fingerprint density at radius 1 is 0.882 bits per heavy atom. The highest BCUT2D eigenvalue weighted by atomic mass is 14.1. The minimum atomic E-state index is 0.870. The first-order valence-corrected chi connectivity index (χ1v) is 5.97. The number of benzene rings is 2. The molecule has 2 aromatic rings. The molecule has 0 fully saturated rings. The van der Waals surface area contributed by atoms with Crippen molar-refractivity contribution in [2.24, 2.45) is 0 Å². The van der Waals surface area contributed by atoms with Crippen LogP contribution < -0.4 is 5.46 Å². The molecular formula is C16H17B. The zero-order valence-electron chi connectivity index (χ0n) is 10.7. The van der Waals surface area contributed by atoms with E-state index >= 15 is 0 Å².